The van der Waals surface area contributed by atoms with E-state index in [0.29, 0.717) is 21.4 Å². The summed E-state index contributed by atoms with van der Waals surface area (Å²) >= 11 is 13.3. The Morgan fingerprint density at radius 3 is 2.60 bits per heavy atom. The number of nitrogens with zero attached hydrogens (tertiary/aromatic N) is 1. The second kappa shape index (κ2) is 6.43. The van der Waals surface area contributed by atoms with Gasteiger partial charge in [-0.25, -0.2) is 0 Å². The summed E-state index contributed by atoms with van der Waals surface area (Å²) in [4.78, 5) is 10.5. The molecule has 0 heterocycles. The summed E-state index contributed by atoms with van der Waals surface area (Å²) in [6.45, 7) is 0. The van der Waals surface area contributed by atoms with Crippen LogP contribution in [0.3, 0.4) is 0 Å². The van der Waals surface area contributed by atoms with Crippen LogP contribution in [0, 0.1) is 15.9 Å². The molecule has 2 aromatic rings. The van der Waals surface area contributed by atoms with Gasteiger partial charge in [-0.15, -0.1) is 11.8 Å². The lowest BCUT2D eigenvalue weighted by Gasteiger charge is -2.05. The van der Waals surface area contributed by atoms with E-state index in [4.69, 9.17) is 23.2 Å². The Bertz CT molecular complexity index is 667. The molecule has 3 nitrogen and oxygen atoms in total. The molecule has 0 aromatic heterocycles. The molecule has 0 fully saturated rings. The summed E-state index contributed by atoms with van der Waals surface area (Å²) in [6, 6.07) is 8.92. The third-order valence-electron chi connectivity index (χ3n) is 2.50. The van der Waals surface area contributed by atoms with Crippen LogP contribution in [0.4, 0.5) is 10.1 Å². The number of benzene rings is 2. The number of halogens is 3. The Labute approximate surface area is 128 Å². The molecule has 0 atom stereocenters. The molecule has 7 heteroatoms. The molecule has 0 aliphatic heterocycles. The van der Waals surface area contributed by atoms with E-state index >= 15 is 0 Å². The van der Waals surface area contributed by atoms with E-state index in [1.807, 2.05) is 0 Å². The first-order valence-electron chi connectivity index (χ1n) is 5.48. The number of thioether (sulfide) groups is 1. The van der Waals surface area contributed by atoms with Crippen molar-refractivity contribution in [2.45, 2.75) is 10.6 Å². The van der Waals surface area contributed by atoms with Gasteiger partial charge in [-0.05, 0) is 29.8 Å². The van der Waals surface area contributed by atoms with Gasteiger partial charge < -0.3 is 0 Å². The van der Waals surface area contributed by atoms with Crippen molar-refractivity contribution in [3.05, 3.63) is 67.9 Å². The third-order valence-corrected chi connectivity index (χ3v) is 4.30. The first-order chi connectivity index (χ1) is 9.47. The largest absolute Gasteiger partial charge is 0.304 e. The van der Waals surface area contributed by atoms with Gasteiger partial charge in [-0.1, -0.05) is 29.3 Å². The van der Waals surface area contributed by atoms with Gasteiger partial charge in [-0.2, -0.15) is 4.39 Å². The number of rotatable bonds is 4. The summed E-state index contributed by atoms with van der Waals surface area (Å²) < 4.78 is 13.5. The lowest BCUT2D eigenvalue weighted by Crippen LogP contribution is -1.93. The van der Waals surface area contributed by atoms with E-state index in [0.717, 1.165) is 17.0 Å². The van der Waals surface area contributed by atoms with Crippen molar-refractivity contribution in [2.24, 2.45) is 0 Å². The van der Waals surface area contributed by atoms with Crippen LogP contribution in [-0.4, -0.2) is 4.92 Å². The van der Waals surface area contributed by atoms with E-state index in [9.17, 15) is 14.5 Å². The highest BCUT2D eigenvalue weighted by atomic mass is 35.5. The molecule has 0 amide bonds. The average Bonchev–Trinajstić information content (AvgIpc) is 2.39. The van der Waals surface area contributed by atoms with Gasteiger partial charge in [0.05, 0.1) is 9.95 Å². The fourth-order valence-corrected chi connectivity index (χ4v) is 2.97. The minimum absolute atomic E-state index is 0.439. The molecule has 20 heavy (non-hydrogen) atoms. The fraction of sp³-hybridized carbons (Fsp3) is 0.0769. The maximum atomic E-state index is 13.5. The van der Waals surface area contributed by atoms with E-state index in [1.165, 1.54) is 17.8 Å². The smallest absolute Gasteiger partial charge is 0.258 e. The zero-order chi connectivity index (χ0) is 14.7. The summed E-state index contributed by atoms with van der Waals surface area (Å²) in [7, 11) is 0. The molecular formula is C13H8Cl2FNO2S. The Morgan fingerprint density at radius 2 is 1.95 bits per heavy atom. The molecular weight excluding hydrogens is 324 g/mol. The van der Waals surface area contributed by atoms with Crippen LogP contribution in [0.15, 0.2) is 41.3 Å². The van der Waals surface area contributed by atoms with Gasteiger partial charge in [0.25, 0.3) is 0 Å². The summed E-state index contributed by atoms with van der Waals surface area (Å²) in [6.07, 6.45) is 0. The number of nitro benzene ring substituents is 1. The molecule has 0 aliphatic rings. The van der Waals surface area contributed by atoms with Crippen molar-refractivity contribution in [3.63, 3.8) is 0 Å². The van der Waals surface area contributed by atoms with E-state index in [-0.39, 0.29) is 0 Å². The minimum atomic E-state index is -0.842. The SMILES string of the molecule is O=[N+]([O-])c1ccc(CSc2cc(Cl)ccc2Cl)cc1F. The molecule has 0 aliphatic carbocycles. The lowest BCUT2D eigenvalue weighted by molar-refractivity contribution is -0.387. The highest BCUT2D eigenvalue weighted by Crippen LogP contribution is 2.32. The van der Waals surface area contributed by atoms with Crippen molar-refractivity contribution in [1.82, 2.24) is 0 Å². The first kappa shape index (κ1) is 15.1. The minimum Gasteiger partial charge on any atom is -0.258 e. The Hall–Kier alpha value is -1.30. The van der Waals surface area contributed by atoms with Crippen molar-refractivity contribution in [1.29, 1.82) is 0 Å². The van der Waals surface area contributed by atoms with Crippen LogP contribution in [0.5, 0.6) is 0 Å². The molecule has 0 radical (unpaired) electrons. The molecule has 0 bridgehead atoms. The molecule has 2 aromatic carbocycles. The van der Waals surface area contributed by atoms with E-state index in [1.54, 1.807) is 18.2 Å². The quantitative estimate of drug-likeness (QED) is 0.432. The number of hydrogen-bond donors (Lipinski definition) is 0. The predicted molar refractivity (Wildman–Crippen MR) is 79.1 cm³/mol. The van der Waals surface area contributed by atoms with Crippen molar-refractivity contribution in [3.8, 4) is 0 Å². The zero-order valence-electron chi connectivity index (χ0n) is 9.98. The van der Waals surface area contributed by atoms with Crippen LogP contribution in [0.25, 0.3) is 0 Å². The normalized spacial score (nSPS) is 10.6. The van der Waals surface area contributed by atoms with Crippen LogP contribution in [-0.2, 0) is 5.75 Å². The highest BCUT2D eigenvalue weighted by molar-refractivity contribution is 7.98. The van der Waals surface area contributed by atoms with E-state index in [2.05, 4.69) is 0 Å². The Balaban J connectivity index is 2.13. The van der Waals surface area contributed by atoms with Crippen molar-refractivity contribution >= 4 is 40.7 Å². The average molecular weight is 332 g/mol. The fourth-order valence-electron chi connectivity index (χ4n) is 1.54. The molecule has 2 rings (SSSR count). The molecule has 0 saturated heterocycles. The van der Waals surface area contributed by atoms with E-state index < -0.39 is 16.4 Å². The monoisotopic (exact) mass is 331 g/mol. The predicted octanol–water partition coefficient (Wildman–Crippen LogP) is 5.33. The second-order valence-electron chi connectivity index (χ2n) is 3.91. The van der Waals surface area contributed by atoms with Crippen LogP contribution >= 0.6 is 35.0 Å². The van der Waals surface area contributed by atoms with Gasteiger partial charge in [0.15, 0.2) is 0 Å². The van der Waals surface area contributed by atoms with Gasteiger partial charge in [-0.3, -0.25) is 10.1 Å². The maximum Gasteiger partial charge on any atom is 0.304 e. The molecule has 0 unspecified atom stereocenters. The Morgan fingerprint density at radius 1 is 1.20 bits per heavy atom. The van der Waals surface area contributed by atoms with Crippen molar-refractivity contribution in [2.75, 3.05) is 0 Å². The van der Waals surface area contributed by atoms with Crippen molar-refractivity contribution < 1.29 is 9.31 Å². The number of nitro groups is 1. The highest BCUT2D eigenvalue weighted by Gasteiger charge is 2.14. The Kier molecular flexibility index (Phi) is 4.86. The maximum absolute atomic E-state index is 13.5. The first-order valence-corrected chi connectivity index (χ1v) is 7.22. The van der Waals surface area contributed by atoms with Crippen LogP contribution in [0.2, 0.25) is 10.0 Å². The van der Waals surface area contributed by atoms with Crippen LogP contribution in [0.1, 0.15) is 5.56 Å². The van der Waals surface area contributed by atoms with Gasteiger partial charge in [0.2, 0.25) is 5.82 Å². The second-order valence-corrected chi connectivity index (χ2v) is 5.77. The van der Waals surface area contributed by atoms with Crippen LogP contribution < -0.4 is 0 Å². The number of hydrogen-bond acceptors (Lipinski definition) is 3. The topological polar surface area (TPSA) is 43.1 Å². The van der Waals surface area contributed by atoms with Gasteiger partial charge in [0.1, 0.15) is 0 Å². The molecule has 0 N–H and O–H groups in total. The van der Waals surface area contributed by atoms with Gasteiger partial charge >= 0.3 is 5.69 Å². The zero-order valence-corrected chi connectivity index (χ0v) is 12.3. The summed E-state index contributed by atoms with van der Waals surface area (Å²) in [5.41, 5.74) is 0.105. The summed E-state index contributed by atoms with van der Waals surface area (Å²) in [5.74, 6) is -0.403. The summed E-state index contributed by atoms with van der Waals surface area (Å²) in [5, 5.41) is 11.6. The van der Waals surface area contributed by atoms with Gasteiger partial charge in [0, 0.05) is 21.7 Å². The molecule has 0 spiro atoms. The molecule has 0 saturated carbocycles. The standard InChI is InChI=1S/C13H8Cl2FNO2S/c14-9-2-3-10(15)13(6-9)20-7-8-1-4-12(17(18)19)11(16)5-8/h1-6H,7H2. The third kappa shape index (κ3) is 3.62. The molecule has 104 valence electrons. The lowest BCUT2D eigenvalue weighted by atomic mass is 10.2.